The van der Waals surface area contributed by atoms with Crippen molar-refractivity contribution in [3.05, 3.63) is 22.4 Å². The van der Waals surface area contributed by atoms with Crippen molar-refractivity contribution in [1.82, 2.24) is 10.6 Å². The molecule has 1 saturated heterocycles. The molecule has 1 aliphatic rings. The first kappa shape index (κ1) is 16.2. The Labute approximate surface area is 132 Å². The number of hydrogen-bond donors (Lipinski definition) is 2. The van der Waals surface area contributed by atoms with E-state index in [2.05, 4.69) is 22.1 Å². The summed E-state index contributed by atoms with van der Waals surface area (Å²) in [5, 5.41) is 9.86. The molecule has 0 spiro atoms. The number of hydrogen-bond acceptors (Lipinski definition) is 5. The van der Waals surface area contributed by atoms with Crippen LogP contribution in [0.25, 0.3) is 0 Å². The van der Waals surface area contributed by atoms with Crippen LogP contribution in [0.3, 0.4) is 0 Å². The van der Waals surface area contributed by atoms with Crippen LogP contribution in [0.4, 0.5) is 4.79 Å². The maximum Gasteiger partial charge on any atom is 0.408 e. The van der Waals surface area contributed by atoms with E-state index in [1.54, 1.807) is 43.9 Å². The standard InChI is InChI=1S/C14H20N2O3S2/c1-14(2,3)19-13(18)16-10-8-21-11(6-15-12(10)17)9-4-5-20-7-9/h4-5,7,10-11H,6,8H2,1-3H3,(H,15,17)(H,16,18)/t10-,11?/m0/s1. The molecule has 2 amide bonds. The van der Waals surface area contributed by atoms with Crippen molar-refractivity contribution in [2.75, 3.05) is 12.3 Å². The topological polar surface area (TPSA) is 67.4 Å². The Morgan fingerprint density at radius 1 is 1.48 bits per heavy atom. The molecule has 2 atom stereocenters. The lowest BCUT2D eigenvalue weighted by atomic mass is 10.2. The van der Waals surface area contributed by atoms with Crippen molar-refractivity contribution in [2.24, 2.45) is 0 Å². The van der Waals surface area contributed by atoms with Crippen LogP contribution in [-0.4, -0.2) is 35.9 Å². The molecule has 0 aromatic carbocycles. The number of amides is 2. The average Bonchev–Trinajstić information content (AvgIpc) is 2.82. The number of nitrogens with one attached hydrogen (secondary N) is 2. The number of carbonyl (C=O) groups excluding carboxylic acids is 2. The molecular formula is C14H20N2O3S2. The molecule has 2 rings (SSSR count). The molecule has 0 bridgehead atoms. The molecule has 0 radical (unpaired) electrons. The Hall–Kier alpha value is -1.21. The fourth-order valence-corrected chi connectivity index (χ4v) is 3.89. The summed E-state index contributed by atoms with van der Waals surface area (Å²) in [6, 6.07) is 1.50. The van der Waals surface area contributed by atoms with E-state index in [0.29, 0.717) is 12.3 Å². The fourth-order valence-electron chi connectivity index (χ4n) is 1.89. The highest BCUT2D eigenvalue weighted by Crippen LogP contribution is 2.31. The first-order valence-electron chi connectivity index (χ1n) is 6.76. The van der Waals surface area contributed by atoms with Gasteiger partial charge in [-0.15, -0.1) is 11.8 Å². The van der Waals surface area contributed by atoms with Gasteiger partial charge in [-0.1, -0.05) is 0 Å². The normalized spacial score (nSPS) is 23.1. The van der Waals surface area contributed by atoms with Gasteiger partial charge in [0, 0.05) is 17.5 Å². The highest BCUT2D eigenvalue weighted by Gasteiger charge is 2.29. The van der Waals surface area contributed by atoms with Crippen molar-refractivity contribution in [3.63, 3.8) is 0 Å². The van der Waals surface area contributed by atoms with Crippen LogP contribution >= 0.6 is 23.1 Å². The molecule has 21 heavy (non-hydrogen) atoms. The predicted molar refractivity (Wildman–Crippen MR) is 85.7 cm³/mol. The van der Waals surface area contributed by atoms with E-state index < -0.39 is 17.7 Å². The van der Waals surface area contributed by atoms with Gasteiger partial charge in [0.25, 0.3) is 0 Å². The minimum Gasteiger partial charge on any atom is -0.444 e. The minimum absolute atomic E-state index is 0.161. The Morgan fingerprint density at radius 3 is 2.86 bits per heavy atom. The molecule has 1 aliphatic heterocycles. The molecule has 7 heteroatoms. The van der Waals surface area contributed by atoms with Crippen LogP contribution in [0, 0.1) is 0 Å². The van der Waals surface area contributed by atoms with E-state index in [0.717, 1.165) is 0 Å². The first-order chi connectivity index (χ1) is 9.85. The molecule has 2 heterocycles. The number of carbonyl (C=O) groups is 2. The number of thiophene rings is 1. The van der Waals surface area contributed by atoms with Crippen molar-refractivity contribution in [1.29, 1.82) is 0 Å². The van der Waals surface area contributed by atoms with Crippen molar-refractivity contribution in [3.8, 4) is 0 Å². The Bertz CT molecular complexity index is 497. The third-order valence-electron chi connectivity index (χ3n) is 2.85. The highest BCUT2D eigenvalue weighted by atomic mass is 32.2. The predicted octanol–water partition coefficient (Wildman–Crippen LogP) is 2.55. The highest BCUT2D eigenvalue weighted by molar-refractivity contribution is 7.99. The van der Waals surface area contributed by atoms with Crippen LogP contribution in [0.2, 0.25) is 0 Å². The minimum atomic E-state index is -0.572. The van der Waals surface area contributed by atoms with Crippen molar-refractivity contribution < 1.29 is 14.3 Å². The summed E-state index contributed by atoms with van der Waals surface area (Å²) < 4.78 is 5.19. The van der Waals surface area contributed by atoms with Gasteiger partial charge in [0.2, 0.25) is 5.91 Å². The zero-order valence-electron chi connectivity index (χ0n) is 12.3. The van der Waals surface area contributed by atoms with E-state index in [-0.39, 0.29) is 11.2 Å². The zero-order valence-corrected chi connectivity index (χ0v) is 14.0. The second-order valence-electron chi connectivity index (χ2n) is 5.82. The monoisotopic (exact) mass is 328 g/mol. The van der Waals surface area contributed by atoms with Gasteiger partial charge in [0.05, 0.1) is 0 Å². The van der Waals surface area contributed by atoms with Crippen LogP contribution in [0.5, 0.6) is 0 Å². The summed E-state index contributed by atoms with van der Waals surface area (Å²) >= 11 is 3.31. The second-order valence-corrected chi connectivity index (χ2v) is 7.84. The number of alkyl carbamates (subject to hydrolysis) is 1. The molecule has 1 fully saturated rings. The molecular weight excluding hydrogens is 308 g/mol. The van der Waals surface area contributed by atoms with Crippen LogP contribution in [-0.2, 0) is 9.53 Å². The SMILES string of the molecule is CC(C)(C)OC(=O)N[C@H]1CSC(c2ccsc2)CNC1=O. The summed E-state index contributed by atoms with van der Waals surface area (Å²) in [7, 11) is 0. The Morgan fingerprint density at radius 2 is 2.24 bits per heavy atom. The molecule has 1 aromatic heterocycles. The quantitative estimate of drug-likeness (QED) is 0.875. The molecule has 116 valence electrons. The maximum atomic E-state index is 12.0. The maximum absolute atomic E-state index is 12.0. The van der Waals surface area contributed by atoms with Gasteiger partial charge in [0.1, 0.15) is 11.6 Å². The van der Waals surface area contributed by atoms with E-state index in [1.807, 2.05) is 5.38 Å². The summed E-state index contributed by atoms with van der Waals surface area (Å²) in [5.74, 6) is 0.372. The van der Waals surface area contributed by atoms with Gasteiger partial charge in [-0.05, 0) is 43.2 Å². The molecule has 5 nitrogen and oxygen atoms in total. The van der Waals surface area contributed by atoms with Crippen LogP contribution < -0.4 is 10.6 Å². The average molecular weight is 328 g/mol. The largest absolute Gasteiger partial charge is 0.444 e. The van der Waals surface area contributed by atoms with Gasteiger partial charge in [-0.25, -0.2) is 4.79 Å². The summed E-state index contributed by atoms with van der Waals surface area (Å²) in [4.78, 5) is 23.8. The van der Waals surface area contributed by atoms with Gasteiger partial charge in [-0.3, -0.25) is 4.79 Å². The van der Waals surface area contributed by atoms with Gasteiger partial charge in [0.15, 0.2) is 0 Å². The number of rotatable bonds is 2. The van der Waals surface area contributed by atoms with Crippen LogP contribution in [0.1, 0.15) is 31.6 Å². The Balaban J connectivity index is 1.93. The van der Waals surface area contributed by atoms with E-state index in [9.17, 15) is 9.59 Å². The smallest absolute Gasteiger partial charge is 0.408 e. The van der Waals surface area contributed by atoms with E-state index in [1.165, 1.54) is 5.56 Å². The Kier molecular flexibility index (Phi) is 5.16. The van der Waals surface area contributed by atoms with E-state index >= 15 is 0 Å². The lowest BCUT2D eigenvalue weighted by Gasteiger charge is -2.22. The van der Waals surface area contributed by atoms with Crippen molar-refractivity contribution >= 4 is 35.1 Å². The van der Waals surface area contributed by atoms with Crippen LogP contribution in [0.15, 0.2) is 16.8 Å². The van der Waals surface area contributed by atoms with Gasteiger partial charge < -0.3 is 15.4 Å². The third-order valence-corrected chi connectivity index (χ3v) is 4.92. The number of ether oxygens (including phenoxy) is 1. The summed E-state index contributed by atoms with van der Waals surface area (Å²) in [5.41, 5.74) is 0.640. The van der Waals surface area contributed by atoms with Crippen molar-refractivity contribution in [2.45, 2.75) is 37.7 Å². The summed E-state index contributed by atoms with van der Waals surface area (Å²) in [6.07, 6.45) is -0.558. The van der Waals surface area contributed by atoms with Gasteiger partial charge in [-0.2, -0.15) is 11.3 Å². The summed E-state index contributed by atoms with van der Waals surface area (Å²) in [6.45, 7) is 5.95. The number of thioether (sulfide) groups is 1. The molecule has 0 aliphatic carbocycles. The third kappa shape index (κ3) is 4.93. The fraction of sp³-hybridized carbons (Fsp3) is 0.571. The lowest BCUT2D eigenvalue weighted by molar-refractivity contribution is -0.122. The zero-order chi connectivity index (χ0) is 15.5. The molecule has 0 saturated carbocycles. The molecule has 1 aromatic rings. The lowest BCUT2D eigenvalue weighted by Crippen LogP contribution is -2.48. The van der Waals surface area contributed by atoms with E-state index in [4.69, 9.17) is 4.74 Å². The van der Waals surface area contributed by atoms with Gasteiger partial charge >= 0.3 is 6.09 Å². The second kappa shape index (κ2) is 6.70. The molecule has 2 N–H and O–H groups in total. The molecule has 1 unspecified atom stereocenters. The first-order valence-corrected chi connectivity index (χ1v) is 8.75.